The first-order valence-corrected chi connectivity index (χ1v) is 0. The Labute approximate surface area is 118 Å². The van der Waals surface area contributed by atoms with Gasteiger partial charge >= 0.3 is 97.8 Å². The predicted molar refractivity (Wildman–Crippen MR) is 29.5 cm³/mol. The van der Waals surface area contributed by atoms with Crippen LogP contribution < -0.4 is 0 Å². The molecule has 32 valence electrons. The Hall–Kier alpha value is 3.15. The van der Waals surface area contributed by atoms with Crippen molar-refractivity contribution in [3.05, 3.63) is 0 Å². The third-order valence-corrected chi connectivity index (χ3v) is 0. The maximum Gasteiger partial charge on any atom is 3.00 e. The van der Waals surface area contributed by atoms with E-state index < -0.39 is 0 Å². The molecule has 0 aromatic heterocycles. The van der Waals surface area contributed by atoms with Gasteiger partial charge in [0.25, 0.3) is 0 Å². The summed E-state index contributed by atoms with van der Waals surface area (Å²) >= 11 is 0. The largest absolute Gasteiger partial charge is 3.00 e. The van der Waals surface area contributed by atoms with Crippen molar-refractivity contribution in [2.75, 3.05) is 0 Å². The van der Waals surface area contributed by atoms with Crippen LogP contribution in [0.3, 0.4) is 0 Å². The van der Waals surface area contributed by atoms with Gasteiger partial charge in [-0.1, -0.05) is 0 Å². The molecule has 7 heteroatoms. The second kappa shape index (κ2) is 61.2. The van der Waals surface area contributed by atoms with Crippen molar-refractivity contribution in [1.82, 2.24) is 0 Å². The van der Waals surface area contributed by atoms with Crippen molar-refractivity contribution in [1.29, 1.82) is 0 Å². The normalized spacial score (nSPS) is 0. The first-order valence-electron chi connectivity index (χ1n) is 0. The van der Waals surface area contributed by atoms with Crippen molar-refractivity contribution >= 4 is 97.8 Å². The van der Waals surface area contributed by atoms with E-state index in [1.54, 1.807) is 0 Å². The quantitative estimate of drug-likeness (QED) is 0.488. The fraction of sp³-hybridized carbons (Fsp3) is 0. The molecule has 0 amide bonds. The second-order valence-electron chi connectivity index (χ2n) is 0. The summed E-state index contributed by atoms with van der Waals surface area (Å²) in [5.41, 5.74) is 0. The summed E-state index contributed by atoms with van der Waals surface area (Å²) in [6, 6.07) is 0. The number of hydrogen-bond donors (Lipinski definition) is 0. The van der Waals surface area contributed by atoms with Crippen molar-refractivity contribution in [3.63, 3.8) is 0 Å². The van der Waals surface area contributed by atoms with Crippen LogP contribution in [0.2, 0.25) is 0 Å². The van der Waals surface area contributed by atoms with E-state index in [2.05, 4.69) is 0 Å². The first-order chi connectivity index (χ1) is 0. The number of rotatable bonds is 0. The summed E-state index contributed by atoms with van der Waals surface area (Å²) in [5.74, 6) is 0. The molecule has 0 bridgehead atoms. The van der Waals surface area contributed by atoms with Gasteiger partial charge in [-0.25, -0.2) is 0 Å². The molecule has 0 aliphatic carbocycles. The van der Waals surface area contributed by atoms with Crippen LogP contribution in [0.4, 0.5) is 0 Å². The third-order valence-electron chi connectivity index (χ3n) is 0. The fourth-order valence-electron chi connectivity index (χ4n) is 0. The molecule has 0 radical (unpaired) electrons. The van der Waals surface area contributed by atoms with Gasteiger partial charge < -0.3 is 22.1 Å². The van der Waals surface area contributed by atoms with Crippen molar-refractivity contribution in [2.45, 2.75) is 0 Å². The minimum absolute atomic E-state index is 0. The average molecular weight is 330 g/mol. The fourth-order valence-corrected chi connectivity index (χ4v) is 0. The van der Waals surface area contributed by atoms with Crippen LogP contribution in [0.1, 0.15) is 5.71 Å². The van der Waals surface area contributed by atoms with E-state index in [0.29, 0.717) is 0 Å². The Kier molecular flexibility index (Phi) is 748. The Bertz CT molecular complexity index is 21.3. The zero-order valence-electron chi connectivity index (χ0n) is 7.79. The van der Waals surface area contributed by atoms with Gasteiger partial charge in [-0.3, -0.25) is 0 Å². The Morgan fingerprint density at radius 2 is 0.571 bits per heavy atom. The average Bonchev–Trinajstić information content (AvgIpc) is 0. The molecule has 0 spiro atoms. The summed E-state index contributed by atoms with van der Waals surface area (Å²) in [4.78, 5) is 0. The molecule has 0 heterocycles. The molecule has 0 unspecified atom stereocenters. The van der Waals surface area contributed by atoms with Gasteiger partial charge in [0, 0.05) is 0 Å². The van der Waals surface area contributed by atoms with Crippen LogP contribution in [0.25, 0.3) is 0 Å². The molecule has 0 aromatic rings. The van der Waals surface area contributed by atoms with E-state index in [0.717, 1.165) is 0 Å². The molecule has 0 atom stereocenters. The van der Waals surface area contributed by atoms with Gasteiger partial charge in [-0.2, -0.15) is 0 Å². The molecule has 3 nitrogen and oxygen atoms in total. The van der Waals surface area contributed by atoms with Crippen LogP contribution in [0.15, 0.2) is 0 Å². The van der Waals surface area contributed by atoms with E-state index in [-0.39, 0.29) is 120 Å². The summed E-state index contributed by atoms with van der Waals surface area (Å²) in [7, 11) is 0. The zero-order chi connectivity index (χ0) is 0. The molecule has 0 N–H and O–H groups in total. The zero-order valence-corrected chi connectivity index (χ0v) is 13.2. The minimum Gasteiger partial charge on any atom is -2.00 e. The van der Waals surface area contributed by atoms with Crippen LogP contribution >= 0.6 is 0 Å². The molecule has 0 aliphatic heterocycles. The molecule has 0 aliphatic rings. The Morgan fingerprint density at radius 3 is 0.571 bits per heavy atom. The standard InChI is InChI=1S/2In.2Mg.3O.4H/q2*+3;2*+2;3*-2;4*-1. The van der Waals surface area contributed by atoms with Gasteiger partial charge in [0.2, 0.25) is 0 Å². The van der Waals surface area contributed by atoms with Crippen LogP contribution in [0.5, 0.6) is 0 Å². The third kappa shape index (κ3) is 47.1. The van der Waals surface area contributed by atoms with Gasteiger partial charge in [-0.15, -0.1) is 0 Å². The van der Waals surface area contributed by atoms with Crippen molar-refractivity contribution in [3.8, 4) is 0 Å². The van der Waals surface area contributed by atoms with Crippen LogP contribution in [-0.2, 0) is 16.4 Å². The number of hydrogen-bond acceptors (Lipinski definition) is 0. The van der Waals surface area contributed by atoms with Gasteiger partial charge in [0.1, 0.15) is 0 Å². The smallest absolute Gasteiger partial charge is 2.00 e. The molecule has 0 rings (SSSR count). The maximum absolute atomic E-state index is 0. The summed E-state index contributed by atoms with van der Waals surface area (Å²) < 4.78 is 0. The first kappa shape index (κ1) is 85.6. The van der Waals surface area contributed by atoms with Crippen LogP contribution in [-0.4, -0.2) is 97.8 Å². The maximum atomic E-state index is 0. The Balaban J connectivity index is 0. The van der Waals surface area contributed by atoms with E-state index in [1.165, 1.54) is 0 Å². The van der Waals surface area contributed by atoms with Crippen molar-refractivity contribution < 1.29 is 22.1 Å². The second-order valence-corrected chi connectivity index (χ2v) is 0. The predicted octanol–water partition coefficient (Wildman–Crippen LogP) is -1.43. The van der Waals surface area contributed by atoms with Crippen LogP contribution in [0, 0.1) is 0 Å². The van der Waals surface area contributed by atoms with E-state index in [1.807, 2.05) is 0 Å². The molecule has 7 heavy (non-hydrogen) atoms. The van der Waals surface area contributed by atoms with Gasteiger partial charge in [0.05, 0.1) is 0 Å². The molecule has 0 aromatic carbocycles. The van der Waals surface area contributed by atoms with E-state index in [9.17, 15) is 0 Å². The molecular weight excluding hydrogens is 326 g/mol. The van der Waals surface area contributed by atoms with Gasteiger partial charge in [-0.05, 0) is 0 Å². The summed E-state index contributed by atoms with van der Waals surface area (Å²) in [5, 5.41) is 0. The summed E-state index contributed by atoms with van der Waals surface area (Å²) in [6.45, 7) is 0. The van der Waals surface area contributed by atoms with Gasteiger partial charge in [0.15, 0.2) is 0 Å². The molecular formula is H4In2Mg2O3. The molecule has 0 fully saturated rings. The Morgan fingerprint density at radius 1 is 0.571 bits per heavy atom. The molecule has 0 saturated carbocycles. The van der Waals surface area contributed by atoms with E-state index in [4.69, 9.17) is 0 Å². The molecule has 0 saturated heterocycles. The summed E-state index contributed by atoms with van der Waals surface area (Å²) in [6.07, 6.45) is 0. The topological polar surface area (TPSA) is 85.5 Å². The SMILES string of the molecule is [H-].[H-].[H-].[H-].[In+3].[In+3].[Mg+2].[Mg+2].[O-2].[O-2].[O-2]. The minimum atomic E-state index is 0. The monoisotopic (exact) mass is 330 g/mol. The van der Waals surface area contributed by atoms with E-state index >= 15 is 0 Å². The van der Waals surface area contributed by atoms with Crippen molar-refractivity contribution in [2.24, 2.45) is 0 Å².